The zero-order chi connectivity index (χ0) is 15.4. The smallest absolute Gasteiger partial charge is 0.297 e. The summed E-state index contributed by atoms with van der Waals surface area (Å²) >= 11 is 0. The third-order valence-corrected chi connectivity index (χ3v) is 2.32. The van der Waals surface area contributed by atoms with Crippen LogP contribution in [-0.2, 0) is 0 Å². The zero-order valence-corrected chi connectivity index (χ0v) is 10.3. The van der Waals surface area contributed by atoms with Crippen molar-refractivity contribution in [3.63, 3.8) is 0 Å². The van der Waals surface area contributed by atoms with Crippen LogP contribution in [0.4, 0.5) is 11.5 Å². The van der Waals surface area contributed by atoms with Gasteiger partial charge in [-0.3, -0.25) is 14.9 Å². The molecule has 1 heterocycles. The number of nitrogens with zero attached hydrogens (tertiary/aromatic N) is 4. The maximum absolute atomic E-state index is 11.5. The summed E-state index contributed by atoms with van der Waals surface area (Å²) in [6.45, 7) is 0. The van der Waals surface area contributed by atoms with Crippen LogP contribution >= 0.6 is 0 Å². The highest BCUT2D eigenvalue weighted by Gasteiger charge is 2.15. The normalized spacial score (nSPS) is 10.7. The van der Waals surface area contributed by atoms with Gasteiger partial charge < -0.3 is 10.8 Å². The van der Waals surface area contributed by atoms with Gasteiger partial charge in [0.1, 0.15) is 5.75 Å². The maximum atomic E-state index is 11.5. The highest BCUT2D eigenvalue weighted by Crippen LogP contribution is 2.21. The van der Waals surface area contributed by atoms with E-state index in [1.54, 1.807) is 0 Å². The fraction of sp³-hybridized carbons (Fsp3) is 0. The van der Waals surface area contributed by atoms with E-state index in [2.05, 4.69) is 25.5 Å². The van der Waals surface area contributed by atoms with E-state index >= 15 is 0 Å². The van der Waals surface area contributed by atoms with Gasteiger partial charge in [-0.05, 0) is 16.4 Å². The lowest BCUT2D eigenvalue weighted by Crippen LogP contribution is -2.19. The number of aromatic hydroxyl groups is 1. The quantitative estimate of drug-likeness (QED) is 0.402. The Balaban J connectivity index is 2.11. The Morgan fingerprint density at radius 1 is 1.52 bits per heavy atom. The van der Waals surface area contributed by atoms with Gasteiger partial charge >= 0.3 is 0 Å². The van der Waals surface area contributed by atoms with E-state index in [0.717, 1.165) is 24.4 Å². The van der Waals surface area contributed by atoms with Crippen LogP contribution < -0.4 is 11.2 Å². The lowest BCUT2D eigenvalue weighted by atomic mass is 10.2. The number of nitro benzene ring substituents is 1. The molecule has 0 atom stereocenters. The average Bonchev–Trinajstić information content (AvgIpc) is 2.86. The summed E-state index contributed by atoms with van der Waals surface area (Å²) in [4.78, 5) is 21.5. The van der Waals surface area contributed by atoms with Crippen molar-refractivity contribution in [3.8, 4) is 5.75 Å². The average molecular weight is 292 g/mol. The van der Waals surface area contributed by atoms with Crippen molar-refractivity contribution in [2.75, 3.05) is 5.73 Å². The van der Waals surface area contributed by atoms with Crippen LogP contribution in [0, 0.1) is 10.1 Å². The third kappa shape index (κ3) is 3.09. The number of nitrogen functional groups attached to an aromatic ring is 1. The van der Waals surface area contributed by atoms with Gasteiger partial charge in [-0.15, -0.1) is 0 Å². The zero-order valence-electron chi connectivity index (χ0n) is 10.3. The number of phenols is 1. The molecule has 0 aliphatic carbocycles. The number of amides is 1. The first-order valence-corrected chi connectivity index (χ1v) is 5.38. The number of hydrogen-bond acceptors (Lipinski definition) is 9. The first-order valence-electron chi connectivity index (χ1n) is 5.38. The van der Waals surface area contributed by atoms with E-state index in [0.29, 0.717) is 0 Å². The first kappa shape index (κ1) is 13.9. The number of hydrogen-bond donors (Lipinski definition) is 3. The molecule has 11 nitrogen and oxygen atoms in total. The van der Waals surface area contributed by atoms with Gasteiger partial charge in [0.25, 0.3) is 11.6 Å². The predicted octanol–water partition coefficient (Wildman–Crippen LogP) is 0.0295. The number of hydrazone groups is 1. The Kier molecular flexibility index (Phi) is 3.74. The van der Waals surface area contributed by atoms with Crippen molar-refractivity contribution >= 4 is 23.6 Å². The second kappa shape index (κ2) is 5.64. The Hall–Kier alpha value is -3.50. The van der Waals surface area contributed by atoms with E-state index in [1.807, 2.05) is 0 Å². The van der Waals surface area contributed by atoms with Crippen LogP contribution in [0.3, 0.4) is 0 Å². The molecular weight excluding hydrogens is 284 g/mol. The molecule has 0 saturated carbocycles. The number of nitro groups is 1. The van der Waals surface area contributed by atoms with Gasteiger partial charge in [0.05, 0.1) is 11.1 Å². The fourth-order valence-electron chi connectivity index (χ4n) is 1.33. The summed E-state index contributed by atoms with van der Waals surface area (Å²) in [7, 11) is 0. The topological polar surface area (TPSA) is 170 Å². The van der Waals surface area contributed by atoms with Crippen LogP contribution in [-0.4, -0.2) is 32.5 Å². The lowest BCUT2D eigenvalue weighted by Gasteiger charge is -1.99. The van der Waals surface area contributed by atoms with Crippen molar-refractivity contribution in [1.82, 2.24) is 15.7 Å². The second-order valence-corrected chi connectivity index (χ2v) is 3.70. The third-order valence-electron chi connectivity index (χ3n) is 2.32. The monoisotopic (exact) mass is 292 g/mol. The molecule has 11 heteroatoms. The Morgan fingerprint density at radius 2 is 2.29 bits per heavy atom. The minimum Gasteiger partial charge on any atom is -0.507 e. The molecule has 2 rings (SSSR count). The van der Waals surface area contributed by atoms with E-state index in [4.69, 9.17) is 5.73 Å². The van der Waals surface area contributed by atoms with Crippen LogP contribution in [0.25, 0.3) is 0 Å². The van der Waals surface area contributed by atoms with E-state index < -0.39 is 10.8 Å². The Morgan fingerprint density at radius 3 is 2.90 bits per heavy atom. The van der Waals surface area contributed by atoms with Crippen molar-refractivity contribution in [2.24, 2.45) is 5.10 Å². The van der Waals surface area contributed by atoms with E-state index in [1.165, 1.54) is 0 Å². The molecule has 0 bridgehead atoms. The van der Waals surface area contributed by atoms with Gasteiger partial charge in [0.2, 0.25) is 11.5 Å². The molecule has 0 spiro atoms. The largest absolute Gasteiger partial charge is 0.507 e. The number of rotatable bonds is 4. The Labute approximate surface area is 116 Å². The molecule has 1 aromatic carbocycles. The minimum atomic E-state index is -0.782. The number of non-ortho nitro benzene ring substituents is 1. The molecule has 0 fully saturated rings. The van der Waals surface area contributed by atoms with E-state index in [-0.39, 0.29) is 28.5 Å². The maximum Gasteiger partial charge on any atom is 0.297 e. The number of nitrogens with one attached hydrogen (secondary N) is 1. The standard InChI is InChI=1S/C10H8N6O5/c11-9-8(14-21-15-9)10(18)13-12-4-5-3-6(16(19)20)1-2-7(5)17/h1-4,17H,(H2,11,15)(H,13,18)/b12-4-. The number of aromatic nitrogens is 2. The fourth-order valence-corrected chi connectivity index (χ4v) is 1.33. The van der Waals surface area contributed by atoms with Crippen molar-refractivity contribution in [3.05, 3.63) is 39.6 Å². The lowest BCUT2D eigenvalue weighted by molar-refractivity contribution is -0.384. The summed E-state index contributed by atoms with van der Waals surface area (Å²) in [5.74, 6) is -1.22. The molecule has 108 valence electrons. The summed E-state index contributed by atoms with van der Waals surface area (Å²) in [5.41, 5.74) is 6.93. The molecular formula is C10H8N6O5. The van der Waals surface area contributed by atoms with Crippen molar-refractivity contribution < 1.29 is 19.5 Å². The summed E-state index contributed by atoms with van der Waals surface area (Å²) < 4.78 is 4.24. The second-order valence-electron chi connectivity index (χ2n) is 3.70. The molecule has 1 amide bonds. The van der Waals surface area contributed by atoms with Crippen LogP contribution in [0.15, 0.2) is 27.9 Å². The van der Waals surface area contributed by atoms with Gasteiger partial charge in [-0.2, -0.15) is 5.10 Å². The molecule has 0 aliphatic rings. The van der Waals surface area contributed by atoms with E-state index in [9.17, 15) is 20.0 Å². The highest BCUT2D eigenvalue weighted by atomic mass is 16.6. The molecule has 0 unspecified atom stereocenters. The molecule has 0 saturated heterocycles. The molecule has 0 aliphatic heterocycles. The molecule has 0 radical (unpaired) electrons. The minimum absolute atomic E-state index is 0.0516. The molecule has 2 aromatic rings. The molecule has 1 aromatic heterocycles. The first-order chi connectivity index (χ1) is 9.99. The molecule has 21 heavy (non-hydrogen) atoms. The van der Waals surface area contributed by atoms with Gasteiger partial charge in [-0.1, -0.05) is 0 Å². The van der Waals surface area contributed by atoms with Crippen LogP contribution in [0.1, 0.15) is 16.1 Å². The number of phenolic OH excluding ortho intramolecular Hbond substituents is 1. The van der Waals surface area contributed by atoms with Crippen LogP contribution in [0.5, 0.6) is 5.75 Å². The van der Waals surface area contributed by atoms with Gasteiger partial charge in [-0.25, -0.2) is 10.1 Å². The summed E-state index contributed by atoms with van der Waals surface area (Å²) in [6.07, 6.45) is 1.03. The van der Waals surface area contributed by atoms with Crippen molar-refractivity contribution in [2.45, 2.75) is 0 Å². The number of carbonyl (C=O) groups is 1. The summed E-state index contributed by atoms with van der Waals surface area (Å²) in [6, 6.07) is 3.37. The summed E-state index contributed by atoms with van der Waals surface area (Å²) in [5, 5.41) is 30.1. The Bertz CT molecular complexity index is 724. The van der Waals surface area contributed by atoms with Crippen LogP contribution in [0.2, 0.25) is 0 Å². The van der Waals surface area contributed by atoms with Gasteiger partial charge in [0, 0.05) is 17.7 Å². The number of anilines is 1. The van der Waals surface area contributed by atoms with Crippen molar-refractivity contribution in [1.29, 1.82) is 0 Å². The number of carbonyl (C=O) groups excluding carboxylic acids is 1. The predicted molar refractivity (Wildman–Crippen MR) is 68.5 cm³/mol. The number of nitrogens with two attached hydrogens (primary N) is 1. The SMILES string of the molecule is Nc1nonc1C(=O)N/N=C\c1cc([N+](=O)[O-])ccc1O. The van der Waals surface area contributed by atoms with Gasteiger partial charge in [0.15, 0.2) is 0 Å². The number of benzene rings is 1. The molecule has 4 N–H and O–H groups in total. The highest BCUT2D eigenvalue weighted by molar-refractivity contribution is 5.96.